The topological polar surface area (TPSA) is 76.5 Å². The lowest BCUT2D eigenvalue weighted by Crippen LogP contribution is -2.40. The third-order valence-corrected chi connectivity index (χ3v) is 7.32. The first-order valence-corrected chi connectivity index (χ1v) is 14.0. The number of carbonyl (C=O) groups excluding carboxylic acids is 1. The van der Waals surface area contributed by atoms with E-state index >= 15 is 0 Å². The molecule has 0 fully saturated rings. The Morgan fingerprint density at radius 3 is 2.55 bits per heavy atom. The Kier molecular flexibility index (Phi) is 8.73. The third-order valence-electron chi connectivity index (χ3n) is 6.57. The molecule has 198 valence electrons. The van der Waals surface area contributed by atoms with Crippen LogP contribution in [-0.4, -0.2) is 40.4 Å². The van der Waals surface area contributed by atoms with Gasteiger partial charge in [-0.2, -0.15) is 0 Å². The average molecular weight is 531 g/mol. The highest BCUT2D eigenvalue weighted by Gasteiger charge is 2.27. The minimum Gasteiger partial charge on any atom is -0.495 e. The van der Waals surface area contributed by atoms with Gasteiger partial charge < -0.3 is 15.0 Å². The van der Waals surface area contributed by atoms with Crippen LogP contribution in [0.1, 0.15) is 44.1 Å². The fourth-order valence-electron chi connectivity index (χ4n) is 4.45. The van der Waals surface area contributed by atoms with E-state index in [1.165, 1.54) is 0 Å². The van der Waals surface area contributed by atoms with Crippen LogP contribution < -0.4 is 15.6 Å². The Bertz CT molecular complexity index is 1480. The second kappa shape index (κ2) is 12.2. The van der Waals surface area contributed by atoms with Gasteiger partial charge in [-0.15, -0.1) is 11.8 Å². The van der Waals surface area contributed by atoms with Crippen molar-refractivity contribution in [1.29, 1.82) is 0 Å². The number of rotatable bonds is 9. The number of hydrogen-bond acceptors (Lipinski definition) is 5. The number of anilines is 1. The number of ether oxygens (including phenoxy) is 1. The smallest absolute Gasteiger partial charge is 0.322 e. The van der Waals surface area contributed by atoms with Gasteiger partial charge in [-0.3, -0.25) is 9.36 Å². The van der Waals surface area contributed by atoms with Crippen molar-refractivity contribution in [3.63, 3.8) is 0 Å². The monoisotopic (exact) mass is 530 g/mol. The van der Waals surface area contributed by atoms with Crippen molar-refractivity contribution in [3.8, 4) is 11.4 Å². The van der Waals surface area contributed by atoms with Crippen LogP contribution in [0.25, 0.3) is 16.6 Å². The van der Waals surface area contributed by atoms with Crippen LogP contribution in [0.2, 0.25) is 0 Å². The van der Waals surface area contributed by atoms with Crippen molar-refractivity contribution in [1.82, 2.24) is 14.5 Å². The molecule has 0 bridgehead atoms. The fraction of sp³-hybridized carbons (Fsp3) is 0.300. The number of para-hydroxylation sites is 1. The molecule has 4 rings (SSSR count). The van der Waals surface area contributed by atoms with Gasteiger partial charge in [-0.1, -0.05) is 31.5 Å². The largest absolute Gasteiger partial charge is 0.495 e. The molecule has 38 heavy (non-hydrogen) atoms. The van der Waals surface area contributed by atoms with Gasteiger partial charge in [0.1, 0.15) is 11.6 Å². The Hall–Kier alpha value is -3.78. The van der Waals surface area contributed by atoms with Crippen molar-refractivity contribution in [2.24, 2.45) is 0 Å². The Morgan fingerprint density at radius 1 is 1.13 bits per heavy atom. The number of amides is 2. The van der Waals surface area contributed by atoms with Gasteiger partial charge >= 0.3 is 6.03 Å². The number of thioether (sulfide) groups is 1. The first-order chi connectivity index (χ1) is 18.4. The highest BCUT2D eigenvalue weighted by Crippen LogP contribution is 2.29. The van der Waals surface area contributed by atoms with Gasteiger partial charge in [0.2, 0.25) is 0 Å². The summed E-state index contributed by atoms with van der Waals surface area (Å²) < 4.78 is 7.24. The number of unbranched alkanes of at least 4 members (excludes halogenated alkanes) is 1. The molecule has 0 aliphatic heterocycles. The first-order valence-electron chi connectivity index (χ1n) is 12.8. The number of benzene rings is 3. The Balaban J connectivity index is 1.85. The zero-order valence-corrected chi connectivity index (χ0v) is 23.3. The van der Waals surface area contributed by atoms with Gasteiger partial charge in [0, 0.05) is 17.1 Å². The minimum absolute atomic E-state index is 0.204. The van der Waals surface area contributed by atoms with Gasteiger partial charge in [0.05, 0.1) is 29.7 Å². The molecule has 0 saturated carbocycles. The van der Waals surface area contributed by atoms with Gasteiger partial charge in [0.15, 0.2) is 0 Å². The van der Waals surface area contributed by atoms with E-state index in [0.29, 0.717) is 40.4 Å². The Morgan fingerprint density at radius 2 is 1.87 bits per heavy atom. The number of aryl methyl sites for hydroxylation is 1. The van der Waals surface area contributed by atoms with Crippen LogP contribution in [0.15, 0.2) is 76.4 Å². The summed E-state index contributed by atoms with van der Waals surface area (Å²) in [7, 11) is 1.58. The van der Waals surface area contributed by atoms with Crippen LogP contribution >= 0.6 is 11.8 Å². The van der Waals surface area contributed by atoms with E-state index in [9.17, 15) is 9.59 Å². The average Bonchev–Trinajstić information content (AvgIpc) is 2.93. The summed E-state index contributed by atoms with van der Waals surface area (Å²) in [6.07, 6.45) is 3.75. The number of hydrogen-bond donors (Lipinski definition) is 1. The van der Waals surface area contributed by atoms with E-state index in [0.717, 1.165) is 23.3 Å². The second-order valence-electron chi connectivity index (χ2n) is 9.18. The number of nitrogens with one attached hydrogen (secondary N) is 1. The standard InChI is InChI=1S/C30H34N4O3S/c1-6-7-18-33(30(36)31-22-13-15-23(38-5)16-14-22)21(3)28-32-25-11-9-8-10-24(25)29(35)34(28)26-19-20(2)12-17-27(26)37-4/h8-17,19,21H,6-7,18H2,1-5H3,(H,31,36). The van der Waals surface area contributed by atoms with Crippen molar-refractivity contribution < 1.29 is 9.53 Å². The summed E-state index contributed by atoms with van der Waals surface area (Å²) in [5.74, 6) is 1.03. The molecule has 8 heteroatoms. The van der Waals surface area contributed by atoms with E-state index in [2.05, 4.69) is 12.2 Å². The second-order valence-corrected chi connectivity index (χ2v) is 10.1. The molecule has 0 aliphatic rings. The lowest BCUT2D eigenvalue weighted by atomic mass is 10.1. The summed E-state index contributed by atoms with van der Waals surface area (Å²) >= 11 is 1.65. The predicted octanol–water partition coefficient (Wildman–Crippen LogP) is 6.82. The molecule has 0 radical (unpaired) electrons. The number of fused-ring (bicyclic) bond motifs is 1. The lowest BCUT2D eigenvalue weighted by Gasteiger charge is -2.31. The van der Waals surface area contributed by atoms with E-state index < -0.39 is 6.04 Å². The molecule has 1 unspecified atom stereocenters. The molecule has 0 saturated heterocycles. The predicted molar refractivity (Wildman–Crippen MR) is 156 cm³/mol. The van der Waals surface area contributed by atoms with Gasteiger partial charge in [-0.05, 0) is 80.6 Å². The number of urea groups is 1. The van der Waals surface area contributed by atoms with Crippen LogP contribution in [0.3, 0.4) is 0 Å². The van der Waals surface area contributed by atoms with Crippen molar-refractivity contribution in [3.05, 3.63) is 88.5 Å². The zero-order chi connectivity index (χ0) is 27.2. The molecule has 4 aromatic rings. The van der Waals surface area contributed by atoms with E-state index in [4.69, 9.17) is 9.72 Å². The molecular weight excluding hydrogens is 496 g/mol. The molecule has 3 aromatic carbocycles. The summed E-state index contributed by atoms with van der Waals surface area (Å²) in [6, 6.07) is 20.0. The molecule has 1 aromatic heterocycles. The SMILES string of the molecule is CCCCN(C(=O)Nc1ccc(SC)cc1)C(C)c1nc2ccccc2c(=O)n1-c1cc(C)ccc1OC. The molecule has 1 heterocycles. The zero-order valence-electron chi connectivity index (χ0n) is 22.5. The number of carbonyl (C=O) groups is 1. The number of methoxy groups -OCH3 is 1. The molecule has 2 amide bonds. The normalized spacial score (nSPS) is 11.8. The molecule has 1 atom stereocenters. The number of aromatic nitrogens is 2. The van der Waals surface area contributed by atoms with E-state index in [1.807, 2.05) is 80.8 Å². The minimum atomic E-state index is -0.505. The molecule has 0 spiro atoms. The maximum atomic E-state index is 13.9. The first kappa shape index (κ1) is 27.3. The molecule has 1 N–H and O–H groups in total. The molecule has 0 aliphatic carbocycles. The lowest BCUT2D eigenvalue weighted by molar-refractivity contribution is 0.188. The quantitative estimate of drug-likeness (QED) is 0.240. The Labute approximate surface area is 227 Å². The highest BCUT2D eigenvalue weighted by molar-refractivity contribution is 7.98. The van der Waals surface area contributed by atoms with Crippen LogP contribution in [-0.2, 0) is 0 Å². The van der Waals surface area contributed by atoms with Crippen LogP contribution in [0.4, 0.5) is 10.5 Å². The highest BCUT2D eigenvalue weighted by atomic mass is 32.2. The van der Waals surface area contributed by atoms with Gasteiger partial charge in [0.25, 0.3) is 5.56 Å². The summed E-state index contributed by atoms with van der Waals surface area (Å²) in [5, 5.41) is 3.54. The van der Waals surface area contributed by atoms with Gasteiger partial charge in [-0.25, -0.2) is 9.78 Å². The summed E-state index contributed by atoms with van der Waals surface area (Å²) in [6.45, 7) is 6.49. The van der Waals surface area contributed by atoms with E-state index in [1.54, 1.807) is 34.4 Å². The summed E-state index contributed by atoms with van der Waals surface area (Å²) in [5.41, 5.74) is 2.68. The number of nitrogens with zero attached hydrogens (tertiary/aromatic N) is 3. The maximum Gasteiger partial charge on any atom is 0.322 e. The van der Waals surface area contributed by atoms with Crippen molar-refractivity contribution in [2.75, 3.05) is 25.2 Å². The maximum absolute atomic E-state index is 13.9. The van der Waals surface area contributed by atoms with E-state index in [-0.39, 0.29) is 11.6 Å². The fourth-order valence-corrected chi connectivity index (χ4v) is 4.85. The molecule has 7 nitrogen and oxygen atoms in total. The summed E-state index contributed by atoms with van der Waals surface area (Å²) in [4.78, 5) is 35.4. The van der Waals surface area contributed by atoms with Crippen LogP contribution in [0.5, 0.6) is 5.75 Å². The third kappa shape index (κ3) is 5.70. The van der Waals surface area contributed by atoms with Crippen molar-refractivity contribution in [2.45, 2.75) is 44.6 Å². The van der Waals surface area contributed by atoms with Crippen LogP contribution in [0, 0.1) is 6.92 Å². The van der Waals surface area contributed by atoms with Crippen molar-refractivity contribution >= 4 is 34.4 Å². The molecular formula is C30H34N4O3S.